The summed E-state index contributed by atoms with van der Waals surface area (Å²) in [7, 11) is 1.47. The lowest BCUT2D eigenvalue weighted by Gasteiger charge is -2.14. The largest absolute Gasteiger partial charge is 0.493 e. The zero-order valence-electron chi connectivity index (χ0n) is 16.6. The molecule has 32 heavy (non-hydrogen) atoms. The molecule has 3 rings (SSSR count). The van der Waals surface area contributed by atoms with E-state index in [-0.39, 0.29) is 22.9 Å². The monoisotopic (exact) mass is 488 g/mol. The van der Waals surface area contributed by atoms with Crippen LogP contribution in [0.15, 0.2) is 54.6 Å². The molecule has 0 saturated carbocycles. The minimum absolute atomic E-state index is 0.106. The summed E-state index contributed by atoms with van der Waals surface area (Å²) in [5.74, 6) is 0.686. The molecule has 0 aliphatic heterocycles. The summed E-state index contributed by atoms with van der Waals surface area (Å²) >= 11 is 18.4. The van der Waals surface area contributed by atoms with Gasteiger partial charge < -0.3 is 9.47 Å². The highest BCUT2D eigenvalue weighted by molar-refractivity contribution is 6.42. The number of nitro groups is 1. The molecule has 0 atom stereocenters. The van der Waals surface area contributed by atoms with Gasteiger partial charge in [0.15, 0.2) is 11.5 Å². The van der Waals surface area contributed by atoms with Crippen molar-refractivity contribution in [2.75, 3.05) is 7.11 Å². The van der Waals surface area contributed by atoms with Crippen LogP contribution >= 0.6 is 34.8 Å². The standard InChI is InChI=1S/C23H15Cl3N2O4/c1-31-22-10-15(7-17(12-27)16-3-2-4-18(11-16)28(29)30)9-21(26)23(22)32-13-14-5-6-19(24)20(25)8-14/h2-11H,13H2,1H3. The van der Waals surface area contributed by atoms with Gasteiger partial charge in [0, 0.05) is 12.1 Å². The number of ether oxygens (including phenoxy) is 2. The summed E-state index contributed by atoms with van der Waals surface area (Å²) in [5, 5.41) is 21.7. The van der Waals surface area contributed by atoms with Gasteiger partial charge in [-0.3, -0.25) is 10.1 Å². The molecule has 9 heteroatoms. The topological polar surface area (TPSA) is 85.4 Å². The third-order valence-corrected chi connectivity index (χ3v) is 5.44. The van der Waals surface area contributed by atoms with Gasteiger partial charge in [-0.25, -0.2) is 0 Å². The summed E-state index contributed by atoms with van der Waals surface area (Å²) in [5.41, 5.74) is 1.90. The first-order valence-corrected chi connectivity index (χ1v) is 10.3. The molecule has 0 radical (unpaired) electrons. The highest BCUT2D eigenvalue weighted by Gasteiger charge is 2.14. The number of rotatable bonds is 7. The predicted octanol–water partition coefficient (Wildman–Crippen LogP) is 7.21. The fraction of sp³-hybridized carbons (Fsp3) is 0.0870. The molecule has 3 aromatic rings. The Morgan fingerprint density at radius 1 is 1.09 bits per heavy atom. The van der Waals surface area contributed by atoms with Crippen LogP contribution in [0.1, 0.15) is 16.7 Å². The minimum atomic E-state index is -0.515. The SMILES string of the molecule is COc1cc(C=C(C#N)c2cccc([N+](=O)[O-])c2)cc(Cl)c1OCc1ccc(Cl)c(Cl)c1. The number of nitro benzene ring substituents is 1. The van der Waals surface area contributed by atoms with Crippen molar-refractivity contribution in [1.29, 1.82) is 5.26 Å². The van der Waals surface area contributed by atoms with Crippen molar-refractivity contribution in [2.24, 2.45) is 0 Å². The first-order valence-electron chi connectivity index (χ1n) is 9.13. The van der Waals surface area contributed by atoms with Gasteiger partial charge in [0.2, 0.25) is 0 Å². The second-order valence-electron chi connectivity index (χ2n) is 6.55. The Labute approximate surface area is 199 Å². The molecule has 3 aromatic carbocycles. The number of methoxy groups -OCH3 is 1. The number of hydrogen-bond donors (Lipinski definition) is 0. The van der Waals surface area contributed by atoms with E-state index < -0.39 is 4.92 Å². The molecule has 0 saturated heterocycles. The van der Waals surface area contributed by atoms with E-state index in [0.717, 1.165) is 5.56 Å². The molecule has 0 bridgehead atoms. The van der Waals surface area contributed by atoms with Crippen molar-refractivity contribution >= 4 is 52.1 Å². The molecule has 0 fully saturated rings. The van der Waals surface area contributed by atoms with E-state index in [0.29, 0.717) is 32.7 Å². The maximum absolute atomic E-state index is 11.0. The lowest BCUT2D eigenvalue weighted by atomic mass is 10.0. The van der Waals surface area contributed by atoms with Crippen molar-refractivity contribution in [1.82, 2.24) is 0 Å². The second-order valence-corrected chi connectivity index (χ2v) is 7.77. The molecule has 162 valence electrons. The van der Waals surface area contributed by atoms with Gasteiger partial charge in [-0.2, -0.15) is 5.26 Å². The summed E-state index contributed by atoms with van der Waals surface area (Å²) in [6, 6.07) is 16.3. The Morgan fingerprint density at radius 2 is 1.88 bits per heavy atom. The Hall–Kier alpha value is -3.24. The third-order valence-electron chi connectivity index (χ3n) is 4.42. The highest BCUT2D eigenvalue weighted by Crippen LogP contribution is 2.38. The van der Waals surface area contributed by atoms with Crippen molar-refractivity contribution < 1.29 is 14.4 Å². The number of nitrogens with zero attached hydrogens (tertiary/aromatic N) is 2. The van der Waals surface area contributed by atoms with Crippen LogP contribution in [0.3, 0.4) is 0 Å². The Balaban J connectivity index is 1.91. The van der Waals surface area contributed by atoms with Gasteiger partial charge in [-0.15, -0.1) is 0 Å². The van der Waals surface area contributed by atoms with Gasteiger partial charge in [-0.05, 0) is 47.0 Å². The van der Waals surface area contributed by atoms with E-state index in [4.69, 9.17) is 44.3 Å². The van der Waals surface area contributed by atoms with E-state index >= 15 is 0 Å². The van der Waals surface area contributed by atoms with E-state index in [9.17, 15) is 15.4 Å². The maximum Gasteiger partial charge on any atom is 0.270 e. The Morgan fingerprint density at radius 3 is 2.53 bits per heavy atom. The lowest BCUT2D eigenvalue weighted by Crippen LogP contribution is -1.99. The number of nitriles is 1. The highest BCUT2D eigenvalue weighted by atomic mass is 35.5. The van der Waals surface area contributed by atoms with Crippen LogP contribution in [0.5, 0.6) is 11.5 Å². The first kappa shape index (κ1) is 23.4. The van der Waals surface area contributed by atoms with Crippen molar-refractivity contribution in [3.63, 3.8) is 0 Å². The molecule has 0 heterocycles. The molecule has 0 aromatic heterocycles. The van der Waals surface area contributed by atoms with Gasteiger partial charge in [-0.1, -0.05) is 53.0 Å². The van der Waals surface area contributed by atoms with Crippen LogP contribution in [0.2, 0.25) is 15.1 Å². The molecule has 6 nitrogen and oxygen atoms in total. The molecular formula is C23H15Cl3N2O4. The number of allylic oxidation sites excluding steroid dienone is 1. The zero-order chi connectivity index (χ0) is 23.3. The zero-order valence-corrected chi connectivity index (χ0v) is 18.9. The number of non-ortho nitro benzene ring substituents is 1. The molecule has 0 N–H and O–H groups in total. The quantitative estimate of drug-likeness (QED) is 0.151. The fourth-order valence-electron chi connectivity index (χ4n) is 2.88. The van der Waals surface area contributed by atoms with Crippen molar-refractivity contribution in [2.45, 2.75) is 6.61 Å². The molecule has 0 aliphatic rings. The Kier molecular flexibility index (Phi) is 7.60. The summed E-state index contributed by atoms with van der Waals surface area (Å²) in [6.07, 6.45) is 1.57. The third kappa shape index (κ3) is 5.51. The fourth-order valence-corrected chi connectivity index (χ4v) is 3.48. The van der Waals surface area contributed by atoms with E-state index in [1.165, 1.54) is 25.3 Å². The minimum Gasteiger partial charge on any atom is -0.493 e. The summed E-state index contributed by atoms with van der Waals surface area (Å²) in [4.78, 5) is 10.5. The molecule has 0 spiro atoms. The number of hydrogen-bond acceptors (Lipinski definition) is 5. The van der Waals surface area contributed by atoms with Crippen LogP contribution in [0, 0.1) is 21.4 Å². The van der Waals surface area contributed by atoms with Crippen LogP contribution < -0.4 is 9.47 Å². The van der Waals surface area contributed by atoms with Gasteiger partial charge in [0.25, 0.3) is 5.69 Å². The molecule has 0 amide bonds. The van der Waals surface area contributed by atoms with Crippen molar-refractivity contribution in [3.05, 3.63) is 96.5 Å². The number of benzene rings is 3. The second kappa shape index (κ2) is 10.4. The van der Waals surface area contributed by atoms with Crippen LogP contribution in [0.4, 0.5) is 5.69 Å². The smallest absolute Gasteiger partial charge is 0.270 e. The number of halogens is 3. The first-order chi connectivity index (χ1) is 15.3. The predicted molar refractivity (Wildman–Crippen MR) is 125 cm³/mol. The molecule has 0 aliphatic carbocycles. The van der Waals surface area contributed by atoms with E-state index in [2.05, 4.69) is 6.07 Å². The van der Waals surface area contributed by atoms with E-state index in [1.54, 1.807) is 42.5 Å². The van der Waals surface area contributed by atoms with Crippen LogP contribution in [0.25, 0.3) is 11.6 Å². The average Bonchev–Trinajstić information content (AvgIpc) is 2.78. The Bertz CT molecular complexity index is 1250. The van der Waals surface area contributed by atoms with Gasteiger partial charge >= 0.3 is 0 Å². The van der Waals surface area contributed by atoms with Gasteiger partial charge in [0.1, 0.15) is 6.61 Å². The summed E-state index contributed by atoms with van der Waals surface area (Å²) < 4.78 is 11.2. The van der Waals surface area contributed by atoms with Crippen LogP contribution in [-0.2, 0) is 6.61 Å². The van der Waals surface area contributed by atoms with E-state index in [1.807, 2.05) is 0 Å². The lowest BCUT2D eigenvalue weighted by molar-refractivity contribution is -0.384. The van der Waals surface area contributed by atoms with Gasteiger partial charge in [0.05, 0.1) is 38.7 Å². The maximum atomic E-state index is 11.0. The average molecular weight is 490 g/mol. The molecule has 0 unspecified atom stereocenters. The van der Waals surface area contributed by atoms with Crippen molar-refractivity contribution in [3.8, 4) is 17.6 Å². The molecular weight excluding hydrogens is 475 g/mol. The normalized spacial score (nSPS) is 11.0. The van der Waals surface area contributed by atoms with Crippen LogP contribution in [-0.4, -0.2) is 12.0 Å². The summed E-state index contributed by atoms with van der Waals surface area (Å²) in [6.45, 7) is 0.180.